The van der Waals surface area contributed by atoms with E-state index in [1.54, 1.807) is 24.3 Å². The first kappa shape index (κ1) is 25.9. The van der Waals surface area contributed by atoms with Crippen molar-refractivity contribution in [3.8, 4) is 0 Å². The van der Waals surface area contributed by atoms with Gasteiger partial charge in [0.2, 0.25) is 0 Å². The summed E-state index contributed by atoms with van der Waals surface area (Å²) in [6.45, 7) is 3.42. The van der Waals surface area contributed by atoms with Crippen LogP contribution in [0.5, 0.6) is 0 Å². The number of ketones is 1. The van der Waals surface area contributed by atoms with Crippen LogP contribution in [-0.2, 0) is 9.59 Å². The van der Waals surface area contributed by atoms with Gasteiger partial charge in [-0.15, -0.1) is 0 Å². The van der Waals surface area contributed by atoms with Crippen molar-refractivity contribution in [1.29, 1.82) is 0 Å². The van der Waals surface area contributed by atoms with E-state index in [2.05, 4.69) is 31.9 Å². The van der Waals surface area contributed by atoms with Crippen molar-refractivity contribution in [3.63, 3.8) is 0 Å². The number of rotatable bonds is 5. The molecule has 3 fully saturated rings. The van der Waals surface area contributed by atoms with E-state index in [1.807, 2.05) is 6.92 Å². The Morgan fingerprint density at radius 2 is 1.53 bits per heavy atom. The second kappa shape index (κ2) is 9.53. The highest BCUT2D eigenvalue weighted by atomic mass is 79.9. The Morgan fingerprint density at radius 1 is 0.972 bits per heavy atom. The number of alkyl halides is 2. The lowest BCUT2D eigenvalue weighted by Crippen LogP contribution is -2.57. The topological polar surface area (TPSA) is 74.8 Å². The first-order chi connectivity index (χ1) is 17.0. The smallest absolute Gasteiger partial charge is 0.275 e. The van der Waals surface area contributed by atoms with E-state index >= 15 is 0 Å². The van der Waals surface area contributed by atoms with Crippen LogP contribution in [0.1, 0.15) is 39.6 Å². The third-order valence-corrected chi connectivity index (χ3v) is 11.4. The molecule has 3 amide bonds. The summed E-state index contributed by atoms with van der Waals surface area (Å²) in [5, 5.41) is 2.29. The van der Waals surface area contributed by atoms with Crippen LogP contribution in [-0.4, -0.2) is 49.2 Å². The summed E-state index contributed by atoms with van der Waals surface area (Å²) >= 11 is 19.7. The average molecular weight is 657 g/mol. The number of fused-ring (bicyclic) bond motifs is 5. The highest BCUT2D eigenvalue weighted by molar-refractivity contribution is 9.12. The lowest BCUT2D eigenvalue weighted by Gasteiger charge is -2.35. The average Bonchev–Trinajstić information content (AvgIpc) is 3.45. The Balaban J connectivity index is 1.57. The Morgan fingerprint density at radius 3 is 2.06 bits per heavy atom. The van der Waals surface area contributed by atoms with Crippen LogP contribution >= 0.6 is 55.1 Å². The van der Waals surface area contributed by atoms with Gasteiger partial charge in [0.05, 0.1) is 22.4 Å². The number of nitrogens with zero attached hydrogens (tertiary/aromatic N) is 2. The zero-order valence-corrected chi connectivity index (χ0v) is 24.0. The number of halogens is 4. The number of hydrazine groups is 1. The molecule has 10 heteroatoms. The fourth-order valence-electron chi connectivity index (χ4n) is 5.84. The molecule has 2 aromatic rings. The Kier molecular flexibility index (Phi) is 6.86. The van der Waals surface area contributed by atoms with Gasteiger partial charge in [0.25, 0.3) is 17.7 Å². The predicted octanol–water partition coefficient (Wildman–Crippen LogP) is 5.71. The van der Waals surface area contributed by atoms with Gasteiger partial charge in [0, 0.05) is 20.2 Å². The van der Waals surface area contributed by atoms with Crippen LogP contribution in [0.4, 0.5) is 0 Å². The second-order valence-electron chi connectivity index (χ2n) is 9.67. The van der Waals surface area contributed by atoms with Crippen LogP contribution in [0, 0.1) is 30.6 Å². The maximum Gasteiger partial charge on any atom is 0.275 e. The van der Waals surface area contributed by atoms with Crippen LogP contribution in [0.3, 0.4) is 0 Å². The number of Topliss-reactive ketones (excluding diaryl/α,β-unsaturated/α-hetero) is 1. The van der Waals surface area contributed by atoms with Gasteiger partial charge in [-0.3, -0.25) is 19.2 Å². The molecule has 2 aromatic carbocycles. The molecule has 1 saturated heterocycles. The molecule has 5 rings (SSSR count). The van der Waals surface area contributed by atoms with E-state index in [9.17, 15) is 19.2 Å². The van der Waals surface area contributed by atoms with Gasteiger partial charge in [-0.1, -0.05) is 84.9 Å². The fraction of sp³-hybridized carbons (Fsp3) is 0.385. The maximum absolute atomic E-state index is 13.9. The minimum atomic E-state index is -1.14. The van der Waals surface area contributed by atoms with Crippen molar-refractivity contribution < 1.29 is 19.2 Å². The molecule has 36 heavy (non-hydrogen) atoms. The lowest BCUT2D eigenvalue weighted by molar-refractivity contribution is -0.157. The number of benzene rings is 2. The third-order valence-electron chi connectivity index (χ3n) is 7.63. The highest BCUT2D eigenvalue weighted by Crippen LogP contribution is 2.60. The van der Waals surface area contributed by atoms with Crippen molar-refractivity contribution in [2.45, 2.75) is 36.0 Å². The molecule has 0 radical (unpaired) electrons. The van der Waals surface area contributed by atoms with Gasteiger partial charge in [0.1, 0.15) is 6.04 Å². The molecule has 1 aliphatic heterocycles. The second-order valence-corrected chi connectivity index (χ2v) is 12.6. The standard InChI is InChI=1S/C26H22Br2Cl2N2O4/c1-11-3-5-13(6-4-11)23(33)12(2)31(24(34)15-8-7-14(29)9-18(15)30)32-25(35)19-16-10-17(20(19)26(32)36)22(28)21(16)27/h3-9,12,16-17,19-22H,10H2,1-2H3/t12-,16+,17+,19+,20+,21-,22+/m0/s1. The monoisotopic (exact) mass is 654 g/mol. The summed E-state index contributed by atoms with van der Waals surface area (Å²) in [5.74, 6) is -3.19. The molecule has 7 atom stereocenters. The molecule has 2 bridgehead atoms. The van der Waals surface area contributed by atoms with Gasteiger partial charge in [-0.2, -0.15) is 5.01 Å². The molecular formula is C26H22Br2Cl2N2O4. The van der Waals surface area contributed by atoms with Crippen LogP contribution in [0.2, 0.25) is 10.0 Å². The van der Waals surface area contributed by atoms with Crippen molar-refractivity contribution in [3.05, 3.63) is 69.2 Å². The fourth-order valence-corrected chi connectivity index (χ4v) is 8.20. The first-order valence-corrected chi connectivity index (χ1v) is 14.2. The van der Waals surface area contributed by atoms with Crippen LogP contribution < -0.4 is 0 Å². The van der Waals surface area contributed by atoms with Crippen LogP contribution in [0.25, 0.3) is 0 Å². The summed E-state index contributed by atoms with van der Waals surface area (Å²) in [4.78, 5) is 55.1. The van der Waals surface area contributed by atoms with Gasteiger partial charge in [0.15, 0.2) is 5.78 Å². The Labute approximate surface area is 235 Å². The zero-order valence-electron chi connectivity index (χ0n) is 19.3. The van der Waals surface area contributed by atoms with E-state index in [4.69, 9.17) is 23.2 Å². The van der Waals surface area contributed by atoms with Crippen molar-refractivity contribution in [1.82, 2.24) is 10.0 Å². The molecule has 2 saturated carbocycles. The molecule has 0 spiro atoms. The summed E-state index contributed by atoms with van der Waals surface area (Å²) < 4.78 is 0. The molecule has 0 N–H and O–H groups in total. The van der Waals surface area contributed by atoms with E-state index in [1.165, 1.54) is 25.1 Å². The normalized spacial score (nSPS) is 29.4. The summed E-state index contributed by atoms with van der Waals surface area (Å²) in [7, 11) is 0. The minimum absolute atomic E-state index is 0.0370. The first-order valence-electron chi connectivity index (χ1n) is 11.6. The summed E-state index contributed by atoms with van der Waals surface area (Å²) in [6.07, 6.45) is 0.751. The quantitative estimate of drug-likeness (QED) is 0.235. The van der Waals surface area contributed by atoms with Gasteiger partial charge in [-0.25, -0.2) is 5.01 Å². The number of carbonyl (C=O) groups is 4. The third kappa shape index (κ3) is 3.96. The lowest BCUT2D eigenvalue weighted by atomic mass is 9.81. The number of hydrogen-bond acceptors (Lipinski definition) is 4. The molecule has 1 heterocycles. The number of carbonyl (C=O) groups excluding carboxylic acids is 4. The minimum Gasteiger partial charge on any atom is -0.292 e. The molecule has 0 aromatic heterocycles. The van der Waals surface area contributed by atoms with E-state index in [0.717, 1.165) is 22.0 Å². The number of amides is 3. The van der Waals surface area contributed by atoms with E-state index in [0.29, 0.717) is 10.6 Å². The van der Waals surface area contributed by atoms with Crippen molar-refractivity contribution in [2.75, 3.05) is 0 Å². The number of hydrogen-bond donors (Lipinski definition) is 0. The van der Waals surface area contributed by atoms with Gasteiger partial charge in [-0.05, 0) is 50.3 Å². The number of aryl methyl sites for hydroxylation is 1. The van der Waals surface area contributed by atoms with Crippen molar-refractivity contribution >= 4 is 78.6 Å². The molecule has 3 aliphatic rings. The number of imide groups is 1. The van der Waals surface area contributed by atoms with E-state index in [-0.39, 0.29) is 32.1 Å². The molecule has 6 nitrogen and oxygen atoms in total. The SMILES string of the molecule is Cc1ccc(C(=O)[C@H](C)N(C(=O)c2ccc(Cl)cc2Cl)N2C(=O)[C@@H]3[C@H]4C[C@@H]([C@@H](Br)[C@H]4Br)[C@H]3C2=O)cc1. The molecule has 0 unspecified atom stereocenters. The van der Waals surface area contributed by atoms with Crippen molar-refractivity contribution in [2.24, 2.45) is 23.7 Å². The largest absolute Gasteiger partial charge is 0.292 e. The Hall–Kier alpha value is -1.74. The maximum atomic E-state index is 13.9. The van der Waals surface area contributed by atoms with E-state index < -0.39 is 41.4 Å². The summed E-state index contributed by atoms with van der Waals surface area (Å²) in [6, 6.07) is 10.1. The zero-order chi connectivity index (χ0) is 26.0. The Bertz CT molecular complexity index is 1260. The summed E-state index contributed by atoms with van der Waals surface area (Å²) in [5.41, 5.74) is 1.39. The van der Waals surface area contributed by atoms with Gasteiger partial charge >= 0.3 is 0 Å². The van der Waals surface area contributed by atoms with Crippen LogP contribution in [0.15, 0.2) is 42.5 Å². The molecule has 188 valence electrons. The predicted molar refractivity (Wildman–Crippen MR) is 143 cm³/mol. The molecule has 2 aliphatic carbocycles. The highest BCUT2D eigenvalue weighted by Gasteiger charge is 2.68. The van der Waals surface area contributed by atoms with Gasteiger partial charge < -0.3 is 0 Å². The molecular weight excluding hydrogens is 635 g/mol.